The normalized spacial score (nSPS) is 24.0. The number of benzene rings is 1. The molecule has 116 valence electrons. The summed E-state index contributed by atoms with van der Waals surface area (Å²) < 4.78 is 0. The summed E-state index contributed by atoms with van der Waals surface area (Å²) in [5.41, 5.74) is 2.38. The summed E-state index contributed by atoms with van der Waals surface area (Å²) in [5.74, 6) is 1.21. The Labute approximate surface area is 131 Å². The minimum absolute atomic E-state index is 0.256. The second-order valence-electron chi connectivity index (χ2n) is 6.75. The molecule has 2 amide bonds. The molecule has 0 radical (unpaired) electrons. The average molecular weight is 298 g/mol. The Kier molecular flexibility index (Phi) is 3.40. The Balaban J connectivity index is 1.49. The molecule has 1 aliphatic carbocycles. The van der Waals surface area contributed by atoms with Gasteiger partial charge in [0.1, 0.15) is 0 Å². The lowest BCUT2D eigenvalue weighted by Gasteiger charge is -2.20. The van der Waals surface area contributed by atoms with Crippen LogP contribution in [-0.2, 0) is 9.59 Å². The Bertz CT molecular complexity index is 609. The third kappa shape index (κ3) is 2.40. The Morgan fingerprint density at radius 1 is 1.23 bits per heavy atom. The summed E-state index contributed by atoms with van der Waals surface area (Å²) in [6.07, 6.45) is 4.74. The Morgan fingerprint density at radius 2 is 2.05 bits per heavy atom. The van der Waals surface area contributed by atoms with Gasteiger partial charge in [-0.1, -0.05) is 18.2 Å². The van der Waals surface area contributed by atoms with Gasteiger partial charge in [-0.2, -0.15) is 0 Å². The van der Waals surface area contributed by atoms with Gasteiger partial charge >= 0.3 is 0 Å². The van der Waals surface area contributed by atoms with Crippen LogP contribution in [0, 0.1) is 5.92 Å². The predicted octanol–water partition coefficient (Wildman–Crippen LogP) is 2.54. The molecule has 0 N–H and O–H groups in total. The number of likely N-dealkylation sites (tertiary alicyclic amines) is 1. The number of anilines is 1. The van der Waals surface area contributed by atoms with Crippen LogP contribution in [0.15, 0.2) is 24.3 Å². The van der Waals surface area contributed by atoms with Crippen molar-refractivity contribution in [3.8, 4) is 0 Å². The summed E-state index contributed by atoms with van der Waals surface area (Å²) in [5, 5.41) is 0. The summed E-state index contributed by atoms with van der Waals surface area (Å²) in [7, 11) is 0. The lowest BCUT2D eigenvalue weighted by molar-refractivity contribution is -0.127. The highest BCUT2D eigenvalue weighted by atomic mass is 16.2. The third-order valence-electron chi connectivity index (χ3n) is 5.18. The van der Waals surface area contributed by atoms with Crippen LogP contribution < -0.4 is 4.90 Å². The first kappa shape index (κ1) is 13.8. The van der Waals surface area contributed by atoms with Gasteiger partial charge < -0.3 is 9.80 Å². The van der Waals surface area contributed by atoms with Crippen LogP contribution in [0.25, 0.3) is 0 Å². The van der Waals surface area contributed by atoms with E-state index in [4.69, 9.17) is 0 Å². The van der Waals surface area contributed by atoms with E-state index in [9.17, 15) is 9.59 Å². The van der Waals surface area contributed by atoms with E-state index in [2.05, 4.69) is 18.2 Å². The van der Waals surface area contributed by atoms with Gasteiger partial charge in [-0.05, 0) is 37.3 Å². The standard InChI is InChI=1S/C18H22N2O2/c21-17-6-3-10-19(17)11-9-14-12-20(18(22)13-7-8-13)16-5-2-1-4-15(14)16/h1-2,4-5,13-14H,3,6-12H2. The first-order valence-corrected chi connectivity index (χ1v) is 8.42. The molecular weight excluding hydrogens is 276 g/mol. The van der Waals surface area contributed by atoms with Crippen molar-refractivity contribution >= 4 is 17.5 Å². The minimum atomic E-state index is 0.256. The topological polar surface area (TPSA) is 40.6 Å². The zero-order chi connectivity index (χ0) is 15.1. The predicted molar refractivity (Wildman–Crippen MR) is 84.7 cm³/mol. The second kappa shape index (κ2) is 5.41. The first-order valence-electron chi connectivity index (χ1n) is 8.42. The van der Waals surface area contributed by atoms with Crippen LogP contribution in [0.2, 0.25) is 0 Å². The van der Waals surface area contributed by atoms with Gasteiger partial charge in [-0.15, -0.1) is 0 Å². The SMILES string of the molecule is O=C1CCCN1CCC1CN(C(=O)C2CC2)c2ccccc21. The number of carbonyl (C=O) groups is 2. The zero-order valence-electron chi connectivity index (χ0n) is 12.8. The molecule has 0 aromatic heterocycles. The van der Waals surface area contributed by atoms with E-state index in [-0.39, 0.29) is 11.8 Å². The molecular formula is C18H22N2O2. The van der Waals surface area contributed by atoms with Crippen LogP contribution in [0.1, 0.15) is 43.6 Å². The molecule has 4 heteroatoms. The number of fused-ring (bicyclic) bond motifs is 1. The van der Waals surface area contributed by atoms with Crippen molar-refractivity contribution in [1.82, 2.24) is 4.90 Å². The molecule has 2 fully saturated rings. The molecule has 22 heavy (non-hydrogen) atoms. The molecule has 1 aromatic carbocycles. The number of hydrogen-bond acceptors (Lipinski definition) is 2. The maximum absolute atomic E-state index is 12.5. The van der Waals surface area contributed by atoms with Crippen LogP contribution in [0.4, 0.5) is 5.69 Å². The summed E-state index contributed by atoms with van der Waals surface area (Å²) in [6.45, 7) is 2.51. The van der Waals surface area contributed by atoms with E-state index in [1.54, 1.807) is 0 Å². The number of carbonyl (C=O) groups excluding carboxylic acids is 2. The number of rotatable bonds is 4. The summed E-state index contributed by atoms with van der Waals surface area (Å²) in [4.78, 5) is 28.2. The van der Waals surface area contributed by atoms with Crippen molar-refractivity contribution in [3.63, 3.8) is 0 Å². The highest BCUT2D eigenvalue weighted by molar-refractivity contribution is 5.98. The van der Waals surface area contributed by atoms with Gasteiger partial charge in [-0.25, -0.2) is 0 Å². The highest BCUT2D eigenvalue weighted by Crippen LogP contribution is 2.41. The van der Waals surface area contributed by atoms with E-state index in [1.807, 2.05) is 15.9 Å². The van der Waals surface area contributed by atoms with E-state index < -0.39 is 0 Å². The minimum Gasteiger partial charge on any atom is -0.343 e. The molecule has 1 aromatic rings. The molecule has 1 unspecified atom stereocenters. The molecule has 1 atom stereocenters. The zero-order valence-corrected chi connectivity index (χ0v) is 12.8. The van der Waals surface area contributed by atoms with Crippen molar-refractivity contribution < 1.29 is 9.59 Å². The van der Waals surface area contributed by atoms with Gasteiger partial charge in [0, 0.05) is 43.6 Å². The van der Waals surface area contributed by atoms with Gasteiger partial charge in [0.2, 0.25) is 11.8 Å². The van der Waals surface area contributed by atoms with Crippen molar-refractivity contribution in [3.05, 3.63) is 29.8 Å². The lowest BCUT2D eigenvalue weighted by Crippen LogP contribution is -2.32. The Hall–Kier alpha value is -1.84. The molecule has 2 heterocycles. The van der Waals surface area contributed by atoms with Crippen molar-refractivity contribution in [2.24, 2.45) is 5.92 Å². The smallest absolute Gasteiger partial charge is 0.230 e. The molecule has 3 aliphatic rings. The maximum Gasteiger partial charge on any atom is 0.230 e. The number of hydrogen-bond donors (Lipinski definition) is 0. The number of amides is 2. The van der Waals surface area contributed by atoms with E-state index in [1.165, 1.54) is 5.56 Å². The van der Waals surface area contributed by atoms with Crippen molar-refractivity contribution in [2.45, 2.75) is 38.0 Å². The van der Waals surface area contributed by atoms with E-state index in [0.717, 1.165) is 51.0 Å². The van der Waals surface area contributed by atoms with E-state index >= 15 is 0 Å². The summed E-state index contributed by atoms with van der Waals surface area (Å²) in [6, 6.07) is 8.28. The monoisotopic (exact) mass is 298 g/mol. The van der Waals surface area contributed by atoms with Crippen molar-refractivity contribution in [1.29, 1.82) is 0 Å². The van der Waals surface area contributed by atoms with Crippen LogP contribution in [0.3, 0.4) is 0 Å². The van der Waals surface area contributed by atoms with Crippen LogP contribution in [-0.4, -0.2) is 36.3 Å². The second-order valence-corrected chi connectivity index (χ2v) is 6.75. The van der Waals surface area contributed by atoms with Crippen molar-refractivity contribution in [2.75, 3.05) is 24.5 Å². The fraction of sp³-hybridized carbons (Fsp3) is 0.556. The number of nitrogens with zero attached hydrogens (tertiary/aromatic N) is 2. The molecule has 0 spiro atoms. The maximum atomic E-state index is 12.5. The fourth-order valence-corrected chi connectivity index (χ4v) is 3.75. The molecule has 1 saturated heterocycles. The summed E-state index contributed by atoms with van der Waals surface area (Å²) >= 11 is 0. The van der Waals surface area contributed by atoms with E-state index in [0.29, 0.717) is 18.2 Å². The fourth-order valence-electron chi connectivity index (χ4n) is 3.75. The quantitative estimate of drug-likeness (QED) is 0.857. The van der Waals surface area contributed by atoms with Gasteiger partial charge in [0.25, 0.3) is 0 Å². The van der Waals surface area contributed by atoms with Gasteiger partial charge in [-0.3, -0.25) is 9.59 Å². The van der Waals surface area contributed by atoms with Crippen LogP contribution in [0.5, 0.6) is 0 Å². The van der Waals surface area contributed by atoms with Gasteiger partial charge in [0.15, 0.2) is 0 Å². The molecule has 2 aliphatic heterocycles. The molecule has 1 saturated carbocycles. The lowest BCUT2D eigenvalue weighted by atomic mass is 9.98. The third-order valence-corrected chi connectivity index (χ3v) is 5.18. The molecule has 4 rings (SSSR count). The first-order chi connectivity index (χ1) is 10.7. The molecule has 0 bridgehead atoms. The number of para-hydroxylation sites is 1. The van der Waals surface area contributed by atoms with Gasteiger partial charge in [0.05, 0.1) is 0 Å². The highest BCUT2D eigenvalue weighted by Gasteiger charge is 2.39. The Morgan fingerprint density at radius 3 is 2.77 bits per heavy atom. The average Bonchev–Trinajstić information content (AvgIpc) is 3.21. The largest absolute Gasteiger partial charge is 0.343 e. The van der Waals surface area contributed by atoms with Crippen LogP contribution >= 0.6 is 0 Å². The molecule has 4 nitrogen and oxygen atoms in total.